The Balaban J connectivity index is 2.00. The summed E-state index contributed by atoms with van der Waals surface area (Å²) in [5.41, 5.74) is 0.635. The summed E-state index contributed by atoms with van der Waals surface area (Å²) >= 11 is 1.23. The lowest BCUT2D eigenvalue weighted by atomic mass is 10.3. The van der Waals surface area contributed by atoms with E-state index in [0.29, 0.717) is 17.9 Å². The maximum Gasteiger partial charge on any atom is 0.338 e. The largest absolute Gasteiger partial charge is 0.497 e. The van der Waals surface area contributed by atoms with E-state index in [1.807, 2.05) is 0 Å². The highest BCUT2D eigenvalue weighted by molar-refractivity contribution is 7.98. The van der Waals surface area contributed by atoms with Gasteiger partial charge < -0.3 is 10.1 Å². The summed E-state index contributed by atoms with van der Waals surface area (Å²) in [6.07, 6.45) is 0.417. The Kier molecular flexibility index (Phi) is 3.53. The summed E-state index contributed by atoms with van der Waals surface area (Å²) in [6.45, 7) is 0. The molecule has 0 aromatic heterocycles. The first kappa shape index (κ1) is 11.8. The molecule has 3 amide bonds. The number of hydrogen-bond acceptors (Lipinski definition) is 4. The van der Waals surface area contributed by atoms with Crippen molar-refractivity contribution in [1.82, 2.24) is 4.31 Å². The standard InChI is InChI=1S/C11H12N2O3S/c1-16-9-4-2-8(3-5-9)12-11(15)13-10(14)6-7-17-13/h2-5H,6-7H2,1H3,(H,12,15). The molecule has 6 heteroatoms. The van der Waals surface area contributed by atoms with Crippen molar-refractivity contribution in [3.8, 4) is 5.75 Å². The van der Waals surface area contributed by atoms with Gasteiger partial charge in [-0.15, -0.1) is 0 Å². The monoisotopic (exact) mass is 252 g/mol. The van der Waals surface area contributed by atoms with Gasteiger partial charge in [-0.05, 0) is 36.2 Å². The van der Waals surface area contributed by atoms with E-state index >= 15 is 0 Å². The van der Waals surface area contributed by atoms with E-state index in [4.69, 9.17) is 4.74 Å². The fourth-order valence-electron chi connectivity index (χ4n) is 1.42. The molecule has 17 heavy (non-hydrogen) atoms. The van der Waals surface area contributed by atoms with Crippen LogP contribution in [0.1, 0.15) is 6.42 Å². The lowest BCUT2D eigenvalue weighted by Gasteiger charge is -2.13. The molecule has 1 N–H and O–H groups in total. The molecule has 1 heterocycles. The second-order valence-electron chi connectivity index (χ2n) is 3.43. The number of methoxy groups -OCH3 is 1. The molecule has 0 spiro atoms. The van der Waals surface area contributed by atoms with Crippen LogP contribution in [0.25, 0.3) is 0 Å². The number of imide groups is 1. The van der Waals surface area contributed by atoms with Gasteiger partial charge in [-0.1, -0.05) is 0 Å². The van der Waals surface area contributed by atoms with Crippen LogP contribution in [0.4, 0.5) is 10.5 Å². The highest BCUT2D eigenvalue weighted by atomic mass is 32.2. The smallest absolute Gasteiger partial charge is 0.338 e. The number of benzene rings is 1. The number of nitrogens with one attached hydrogen (secondary N) is 1. The number of hydrogen-bond donors (Lipinski definition) is 1. The number of rotatable bonds is 2. The Bertz CT molecular complexity index is 433. The Morgan fingerprint density at radius 1 is 1.41 bits per heavy atom. The maximum atomic E-state index is 11.7. The number of anilines is 1. The van der Waals surface area contributed by atoms with Crippen LogP contribution >= 0.6 is 11.9 Å². The molecule has 1 aliphatic heterocycles. The summed E-state index contributed by atoms with van der Waals surface area (Å²) < 4.78 is 6.17. The van der Waals surface area contributed by atoms with Gasteiger partial charge >= 0.3 is 6.03 Å². The first-order valence-electron chi connectivity index (χ1n) is 5.11. The van der Waals surface area contributed by atoms with Crippen molar-refractivity contribution in [2.75, 3.05) is 18.2 Å². The third-order valence-corrected chi connectivity index (χ3v) is 3.30. The van der Waals surface area contributed by atoms with Gasteiger partial charge in [0, 0.05) is 17.9 Å². The van der Waals surface area contributed by atoms with Crippen molar-refractivity contribution >= 4 is 29.6 Å². The van der Waals surface area contributed by atoms with Gasteiger partial charge in [0.15, 0.2) is 0 Å². The van der Waals surface area contributed by atoms with Crippen LogP contribution in [0.5, 0.6) is 5.75 Å². The molecular formula is C11H12N2O3S. The summed E-state index contributed by atoms with van der Waals surface area (Å²) in [4.78, 5) is 23.1. The lowest BCUT2D eigenvalue weighted by molar-refractivity contribution is -0.122. The van der Waals surface area contributed by atoms with E-state index in [1.54, 1.807) is 31.4 Å². The zero-order valence-electron chi connectivity index (χ0n) is 9.30. The number of ether oxygens (including phenoxy) is 1. The molecule has 90 valence electrons. The molecule has 1 saturated heterocycles. The number of carbonyl (C=O) groups excluding carboxylic acids is 2. The molecule has 0 radical (unpaired) electrons. The van der Waals surface area contributed by atoms with Crippen molar-refractivity contribution in [2.45, 2.75) is 6.42 Å². The highest BCUT2D eigenvalue weighted by Crippen LogP contribution is 2.23. The number of urea groups is 1. The molecule has 2 rings (SSSR count). The van der Waals surface area contributed by atoms with Crippen molar-refractivity contribution in [2.24, 2.45) is 0 Å². The molecule has 1 aromatic rings. The Morgan fingerprint density at radius 2 is 2.12 bits per heavy atom. The molecule has 1 aromatic carbocycles. The SMILES string of the molecule is COc1ccc(NC(=O)N2SCCC2=O)cc1. The number of amides is 3. The third-order valence-electron chi connectivity index (χ3n) is 2.29. The quantitative estimate of drug-likeness (QED) is 0.819. The van der Waals surface area contributed by atoms with E-state index in [-0.39, 0.29) is 5.91 Å². The van der Waals surface area contributed by atoms with E-state index in [2.05, 4.69) is 5.32 Å². The average molecular weight is 252 g/mol. The zero-order chi connectivity index (χ0) is 12.3. The first-order chi connectivity index (χ1) is 8.20. The number of carbonyl (C=O) groups is 2. The highest BCUT2D eigenvalue weighted by Gasteiger charge is 2.27. The predicted molar refractivity (Wildman–Crippen MR) is 65.9 cm³/mol. The molecule has 1 fully saturated rings. The van der Waals surface area contributed by atoms with Gasteiger partial charge in [0.05, 0.1) is 7.11 Å². The minimum Gasteiger partial charge on any atom is -0.497 e. The van der Waals surface area contributed by atoms with Crippen LogP contribution in [0.3, 0.4) is 0 Å². The minimum absolute atomic E-state index is 0.152. The van der Waals surface area contributed by atoms with Crippen LogP contribution in [0, 0.1) is 0 Å². The summed E-state index contributed by atoms with van der Waals surface area (Å²) in [6, 6.07) is 6.54. The normalized spacial score (nSPS) is 14.9. The lowest BCUT2D eigenvalue weighted by Crippen LogP contribution is -2.30. The first-order valence-corrected chi connectivity index (χ1v) is 6.06. The third kappa shape index (κ3) is 2.71. The van der Waals surface area contributed by atoms with E-state index in [1.165, 1.54) is 11.9 Å². The second-order valence-corrected chi connectivity index (χ2v) is 4.46. The molecule has 0 bridgehead atoms. The summed E-state index contributed by atoms with van der Waals surface area (Å²) in [7, 11) is 1.58. The van der Waals surface area contributed by atoms with Crippen LogP contribution in [0.15, 0.2) is 24.3 Å². The van der Waals surface area contributed by atoms with E-state index in [0.717, 1.165) is 10.1 Å². The number of nitrogens with zero attached hydrogens (tertiary/aromatic N) is 1. The van der Waals surface area contributed by atoms with Crippen molar-refractivity contribution in [1.29, 1.82) is 0 Å². The molecule has 0 saturated carbocycles. The van der Waals surface area contributed by atoms with Gasteiger partial charge in [0.1, 0.15) is 5.75 Å². The predicted octanol–water partition coefficient (Wildman–Crippen LogP) is 2.11. The van der Waals surface area contributed by atoms with Gasteiger partial charge in [-0.3, -0.25) is 4.79 Å². The minimum atomic E-state index is -0.400. The van der Waals surface area contributed by atoms with Gasteiger partial charge in [-0.25, -0.2) is 9.10 Å². The van der Waals surface area contributed by atoms with E-state index in [9.17, 15) is 9.59 Å². The fraction of sp³-hybridized carbons (Fsp3) is 0.273. The maximum absolute atomic E-state index is 11.7. The van der Waals surface area contributed by atoms with Gasteiger partial charge in [0.2, 0.25) is 5.91 Å². The fourth-order valence-corrected chi connectivity index (χ4v) is 2.26. The van der Waals surface area contributed by atoms with Crippen molar-refractivity contribution < 1.29 is 14.3 Å². The van der Waals surface area contributed by atoms with Crippen LogP contribution in [0.2, 0.25) is 0 Å². The molecule has 0 aliphatic carbocycles. The molecule has 0 atom stereocenters. The second kappa shape index (κ2) is 5.09. The Morgan fingerprint density at radius 3 is 2.65 bits per heavy atom. The van der Waals surface area contributed by atoms with Gasteiger partial charge in [0.25, 0.3) is 0 Å². The van der Waals surface area contributed by atoms with E-state index < -0.39 is 6.03 Å². The van der Waals surface area contributed by atoms with Crippen molar-refractivity contribution in [3.63, 3.8) is 0 Å². The average Bonchev–Trinajstić information content (AvgIpc) is 2.76. The summed E-state index contributed by atoms with van der Waals surface area (Å²) in [5, 5.41) is 2.66. The topological polar surface area (TPSA) is 58.6 Å². The van der Waals surface area contributed by atoms with Gasteiger partial charge in [-0.2, -0.15) is 0 Å². The molecule has 1 aliphatic rings. The Hall–Kier alpha value is -1.69. The van der Waals surface area contributed by atoms with Crippen LogP contribution in [-0.2, 0) is 4.79 Å². The Labute approximate surface area is 103 Å². The molecular weight excluding hydrogens is 240 g/mol. The zero-order valence-corrected chi connectivity index (χ0v) is 10.1. The van der Waals surface area contributed by atoms with Crippen molar-refractivity contribution in [3.05, 3.63) is 24.3 Å². The van der Waals surface area contributed by atoms with Crippen LogP contribution in [-0.4, -0.2) is 29.1 Å². The summed E-state index contributed by atoms with van der Waals surface area (Å²) in [5.74, 6) is 1.23. The van der Waals surface area contributed by atoms with Crippen LogP contribution < -0.4 is 10.1 Å². The molecule has 0 unspecified atom stereocenters. The molecule has 5 nitrogen and oxygen atoms in total.